The van der Waals surface area contributed by atoms with Gasteiger partial charge in [-0.2, -0.15) is 0 Å². The monoisotopic (exact) mass is 312 g/mol. The lowest BCUT2D eigenvalue weighted by Gasteiger charge is -2.25. The summed E-state index contributed by atoms with van der Waals surface area (Å²) in [5.41, 5.74) is -0.0851. The topological polar surface area (TPSA) is 74.8 Å². The molecule has 1 aliphatic carbocycles. The molecule has 6 heteroatoms. The van der Waals surface area contributed by atoms with Crippen molar-refractivity contribution in [3.05, 3.63) is 0 Å². The van der Waals surface area contributed by atoms with E-state index in [4.69, 9.17) is 4.74 Å². The molecule has 1 fully saturated rings. The summed E-state index contributed by atoms with van der Waals surface area (Å²) in [4.78, 5) is 15.7. The summed E-state index contributed by atoms with van der Waals surface area (Å²) in [6, 6.07) is 0. The molecule has 1 saturated carbocycles. The Morgan fingerprint density at radius 3 is 2.27 bits per heavy atom. The minimum atomic E-state index is -0.466. The van der Waals surface area contributed by atoms with Gasteiger partial charge in [0, 0.05) is 26.7 Å². The van der Waals surface area contributed by atoms with Crippen LogP contribution in [0.25, 0.3) is 0 Å². The number of nitrogens with zero attached hydrogens (tertiary/aromatic N) is 1. The number of ether oxygens (including phenoxy) is 1. The fraction of sp³-hybridized carbons (Fsp3) is 0.875. The Bertz CT molecular complexity index is 382. The van der Waals surface area contributed by atoms with Crippen molar-refractivity contribution in [2.24, 2.45) is 10.4 Å². The van der Waals surface area contributed by atoms with Crippen LogP contribution in [0.5, 0.6) is 0 Å². The molecule has 0 spiro atoms. The minimum absolute atomic E-state index is 0.381. The summed E-state index contributed by atoms with van der Waals surface area (Å²) >= 11 is 0. The molecular formula is C16H32N4O2. The lowest BCUT2D eigenvalue weighted by molar-refractivity contribution is 0.0529. The number of guanidine groups is 1. The van der Waals surface area contributed by atoms with Gasteiger partial charge in [0.1, 0.15) is 5.60 Å². The van der Waals surface area contributed by atoms with E-state index in [-0.39, 0.29) is 0 Å². The standard InChI is InChI=1S/C16H32N4O2/c1-15(2,3)22-14(21)19-11-10-18-13(17-5)20-12-16(4)8-6-7-9-16/h6-12H2,1-5H3,(H,19,21)(H2,17,18,20). The summed E-state index contributed by atoms with van der Waals surface area (Å²) in [5.74, 6) is 0.777. The summed E-state index contributed by atoms with van der Waals surface area (Å²) < 4.78 is 5.18. The van der Waals surface area contributed by atoms with Gasteiger partial charge in [-0.1, -0.05) is 19.8 Å². The second-order valence-corrected chi connectivity index (χ2v) is 7.30. The second kappa shape index (κ2) is 8.25. The van der Waals surface area contributed by atoms with Gasteiger partial charge in [-0.25, -0.2) is 4.79 Å². The van der Waals surface area contributed by atoms with E-state index in [1.807, 2.05) is 20.8 Å². The van der Waals surface area contributed by atoms with E-state index in [0.29, 0.717) is 18.5 Å². The predicted molar refractivity (Wildman–Crippen MR) is 90.2 cm³/mol. The van der Waals surface area contributed by atoms with Gasteiger partial charge in [-0.05, 0) is 39.0 Å². The second-order valence-electron chi connectivity index (χ2n) is 7.30. The minimum Gasteiger partial charge on any atom is -0.444 e. The van der Waals surface area contributed by atoms with Crippen molar-refractivity contribution in [1.29, 1.82) is 0 Å². The van der Waals surface area contributed by atoms with Crippen molar-refractivity contribution in [3.8, 4) is 0 Å². The Morgan fingerprint density at radius 1 is 1.14 bits per heavy atom. The zero-order valence-corrected chi connectivity index (χ0v) is 14.7. The maximum absolute atomic E-state index is 11.5. The first-order chi connectivity index (χ1) is 10.2. The van der Waals surface area contributed by atoms with E-state index in [1.54, 1.807) is 7.05 Å². The van der Waals surface area contributed by atoms with E-state index >= 15 is 0 Å². The maximum atomic E-state index is 11.5. The maximum Gasteiger partial charge on any atom is 0.407 e. The van der Waals surface area contributed by atoms with Gasteiger partial charge in [0.25, 0.3) is 0 Å². The van der Waals surface area contributed by atoms with Gasteiger partial charge in [0.2, 0.25) is 0 Å². The molecule has 1 aliphatic rings. The third-order valence-electron chi connectivity index (χ3n) is 3.80. The number of nitrogens with one attached hydrogen (secondary N) is 3. The first kappa shape index (κ1) is 18.6. The van der Waals surface area contributed by atoms with Crippen molar-refractivity contribution in [2.45, 2.75) is 59.0 Å². The van der Waals surface area contributed by atoms with Crippen LogP contribution in [-0.2, 0) is 4.74 Å². The average Bonchev–Trinajstić information content (AvgIpc) is 2.83. The number of carbonyl (C=O) groups is 1. The van der Waals surface area contributed by atoms with Gasteiger partial charge in [-0.15, -0.1) is 0 Å². The van der Waals surface area contributed by atoms with Crippen LogP contribution in [0.15, 0.2) is 4.99 Å². The Hall–Kier alpha value is -1.46. The zero-order chi connectivity index (χ0) is 16.6. The van der Waals surface area contributed by atoms with E-state index in [2.05, 4.69) is 27.9 Å². The number of carbonyl (C=O) groups excluding carboxylic acids is 1. The largest absolute Gasteiger partial charge is 0.444 e. The van der Waals surface area contributed by atoms with Gasteiger partial charge in [-0.3, -0.25) is 4.99 Å². The molecule has 1 rings (SSSR count). The predicted octanol–water partition coefficient (Wildman–Crippen LogP) is 2.26. The molecule has 0 aromatic carbocycles. The quantitative estimate of drug-likeness (QED) is 0.413. The summed E-state index contributed by atoms with van der Waals surface area (Å²) in [5, 5.41) is 9.29. The van der Waals surface area contributed by atoms with Crippen LogP contribution in [0, 0.1) is 5.41 Å². The third-order valence-corrected chi connectivity index (χ3v) is 3.80. The fourth-order valence-corrected chi connectivity index (χ4v) is 2.58. The molecule has 6 nitrogen and oxygen atoms in total. The highest BCUT2D eigenvalue weighted by Gasteiger charge is 2.28. The molecule has 0 bridgehead atoms. The molecule has 128 valence electrons. The zero-order valence-electron chi connectivity index (χ0n) is 14.7. The first-order valence-electron chi connectivity index (χ1n) is 8.15. The molecule has 3 N–H and O–H groups in total. The average molecular weight is 312 g/mol. The fourth-order valence-electron chi connectivity index (χ4n) is 2.58. The first-order valence-corrected chi connectivity index (χ1v) is 8.15. The van der Waals surface area contributed by atoms with Crippen LogP contribution in [0.3, 0.4) is 0 Å². The molecule has 22 heavy (non-hydrogen) atoms. The summed E-state index contributed by atoms with van der Waals surface area (Å²) in [7, 11) is 1.76. The van der Waals surface area contributed by atoms with Crippen LogP contribution in [-0.4, -0.2) is 44.3 Å². The highest BCUT2D eigenvalue weighted by molar-refractivity contribution is 5.79. The van der Waals surface area contributed by atoms with Crippen molar-refractivity contribution in [1.82, 2.24) is 16.0 Å². The van der Waals surface area contributed by atoms with Crippen molar-refractivity contribution in [3.63, 3.8) is 0 Å². The lowest BCUT2D eigenvalue weighted by atomic mass is 9.89. The molecule has 0 radical (unpaired) electrons. The smallest absolute Gasteiger partial charge is 0.407 e. The Balaban J connectivity index is 2.18. The van der Waals surface area contributed by atoms with Crippen LogP contribution in [0.4, 0.5) is 4.79 Å². The number of rotatable bonds is 5. The van der Waals surface area contributed by atoms with E-state index < -0.39 is 11.7 Å². The van der Waals surface area contributed by atoms with Gasteiger partial charge in [0.05, 0.1) is 0 Å². The molecule has 1 amide bonds. The highest BCUT2D eigenvalue weighted by Crippen LogP contribution is 2.36. The van der Waals surface area contributed by atoms with Crippen molar-refractivity contribution in [2.75, 3.05) is 26.7 Å². The Morgan fingerprint density at radius 2 is 1.73 bits per heavy atom. The van der Waals surface area contributed by atoms with Crippen LogP contribution >= 0.6 is 0 Å². The Labute approximate surface area is 134 Å². The Kier molecular flexibility index (Phi) is 6.97. The van der Waals surface area contributed by atoms with Gasteiger partial charge < -0.3 is 20.7 Å². The molecule has 0 atom stereocenters. The molecule has 0 heterocycles. The van der Waals surface area contributed by atoms with Crippen LogP contribution < -0.4 is 16.0 Å². The number of alkyl carbamates (subject to hydrolysis) is 1. The molecule has 0 aromatic rings. The summed E-state index contributed by atoms with van der Waals surface area (Å²) in [6.07, 6.45) is 4.80. The van der Waals surface area contributed by atoms with Gasteiger partial charge >= 0.3 is 6.09 Å². The number of aliphatic imine (C=N–C) groups is 1. The summed E-state index contributed by atoms with van der Waals surface area (Å²) in [6.45, 7) is 9.90. The van der Waals surface area contributed by atoms with E-state index in [1.165, 1.54) is 25.7 Å². The van der Waals surface area contributed by atoms with E-state index in [0.717, 1.165) is 12.5 Å². The van der Waals surface area contributed by atoms with Crippen LogP contribution in [0.2, 0.25) is 0 Å². The van der Waals surface area contributed by atoms with E-state index in [9.17, 15) is 4.79 Å². The molecule has 0 aromatic heterocycles. The number of hydrogen-bond donors (Lipinski definition) is 3. The molecule has 0 saturated heterocycles. The molecular weight excluding hydrogens is 280 g/mol. The van der Waals surface area contributed by atoms with Crippen LogP contribution in [0.1, 0.15) is 53.4 Å². The van der Waals surface area contributed by atoms with Crippen molar-refractivity contribution >= 4 is 12.1 Å². The number of hydrogen-bond acceptors (Lipinski definition) is 3. The van der Waals surface area contributed by atoms with Gasteiger partial charge in [0.15, 0.2) is 5.96 Å². The lowest BCUT2D eigenvalue weighted by Crippen LogP contribution is -2.45. The highest BCUT2D eigenvalue weighted by atomic mass is 16.6. The molecule has 0 unspecified atom stereocenters. The normalized spacial score (nSPS) is 18.0. The SMILES string of the molecule is CN=C(NCCNC(=O)OC(C)(C)C)NCC1(C)CCCC1. The number of amides is 1. The van der Waals surface area contributed by atoms with Crippen molar-refractivity contribution < 1.29 is 9.53 Å². The molecule has 0 aliphatic heterocycles. The third kappa shape index (κ3) is 7.52.